The zero-order chi connectivity index (χ0) is 22.8. The molecule has 0 spiro atoms. The molecule has 32 heavy (non-hydrogen) atoms. The Hall–Kier alpha value is -4.40. The quantitative estimate of drug-likeness (QED) is 0.285. The van der Waals surface area contributed by atoms with Crippen LogP contribution in [0.3, 0.4) is 0 Å². The van der Waals surface area contributed by atoms with Gasteiger partial charge in [0.15, 0.2) is 6.61 Å². The maximum Gasteiger partial charge on any atom is 0.329 e. The molecule has 0 bridgehead atoms. The smallest absolute Gasteiger partial charge is 0.329 e. The summed E-state index contributed by atoms with van der Waals surface area (Å²) in [5.41, 5.74) is 4.62. The number of hydrazone groups is 1. The van der Waals surface area contributed by atoms with Gasteiger partial charge in [0.1, 0.15) is 11.5 Å². The Kier molecular flexibility index (Phi) is 7.74. The first kappa shape index (κ1) is 22.3. The molecule has 0 saturated carbocycles. The summed E-state index contributed by atoms with van der Waals surface area (Å²) >= 11 is 0. The summed E-state index contributed by atoms with van der Waals surface area (Å²) in [6.07, 6.45) is 2.86. The second-order valence-corrected chi connectivity index (χ2v) is 6.73. The number of carbonyl (C=O) groups is 3. The van der Waals surface area contributed by atoms with Crippen molar-refractivity contribution in [2.24, 2.45) is 5.10 Å². The summed E-state index contributed by atoms with van der Waals surface area (Å²) in [7, 11) is 0. The van der Waals surface area contributed by atoms with Crippen LogP contribution in [0.4, 0.5) is 5.69 Å². The lowest BCUT2D eigenvalue weighted by molar-refractivity contribution is -0.139. The topological polar surface area (TPSA) is 122 Å². The highest BCUT2D eigenvalue weighted by molar-refractivity contribution is 6.35. The van der Waals surface area contributed by atoms with Crippen molar-refractivity contribution in [1.29, 1.82) is 0 Å². The minimum absolute atomic E-state index is 0.105. The lowest BCUT2D eigenvalue weighted by Crippen LogP contribution is -2.37. The Balaban J connectivity index is 1.39. The van der Waals surface area contributed by atoms with Gasteiger partial charge in [0.05, 0.1) is 19.0 Å². The summed E-state index contributed by atoms with van der Waals surface area (Å²) in [5.74, 6) is -0.960. The predicted molar refractivity (Wildman–Crippen MR) is 118 cm³/mol. The molecule has 3 amide bonds. The highest BCUT2D eigenvalue weighted by Gasteiger charge is 2.12. The number of hydrogen-bond donors (Lipinski definition) is 3. The zero-order valence-corrected chi connectivity index (χ0v) is 17.3. The third-order valence-corrected chi connectivity index (χ3v) is 4.17. The number of nitrogens with zero attached hydrogens (tertiary/aromatic N) is 1. The van der Waals surface area contributed by atoms with E-state index in [0.29, 0.717) is 22.8 Å². The Labute approximate surface area is 184 Å². The van der Waals surface area contributed by atoms with Crippen molar-refractivity contribution < 1.29 is 23.5 Å². The van der Waals surface area contributed by atoms with E-state index in [1.807, 2.05) is 31.2 Å². The maximum absolute atomic E-state index is 12.0. The van der Waals surface area contributed by atoms with Crippen molar-refractivity contribution in [3.8, 4) is 5.75 Å². The molecule has 0 saturated heterocycles. The van der Waals surface area contributed by atoms with Gasteiger partial charge in [0.2, 0.25) is 0 Å². The molecular weight excluding hydrogens is 412 g/mol. The summed E-state index contributed by atoms with van der Waals surface area (Å²) in [4.78, 5) is 35.4. The van der Waals surface area contributed by atoms with Gasteiger partial charge in [0, 0.05) is 5.69 Å². The monoisotopic (exact) mass is 434 g/mol. The van der Waals surface area contributed by atoms with Crippen LogP contribution in [-0.4, -0.2) is 30.5 Å². The number of furan rings is 1. The average molecular weight is 434 g/mol. The molecule has 9 nitrogen and oxygen atoms in total. The van der Waals surface area contributed by atoms with Crippen molar-refractivity contribution in [1.82, 2.24) is 10.7 Å². The van der Waals surface area contributed by atoms with Crippen LogP contribution >= 0.6 is 0 Å². The van der Waals surface area contributed by atoms with Gasteiger partial charge in [-0.05, 0) is 61.0 Å². The molecule has 1 heterocycles. The lowest BCUT2D eigenvalue weighted by Gasteiger charge is -2.08. The number of hydrogen-bond acceptors (Lipinski definition) is 6. The number of anilines is 1. The number of amides is 3. The van der Waals surface area contributed by atoms with Crippen LogP contribution in [0.2, 0.25) is 0 Å². The highest BCUT2D eigenvalue weighted by atomic mass is 16.5. The molecule has 9 heteroatoms. The summed E-state index contributed by atoms with van der Waals surface area (Å²) in [6, 6.07) is 17.5. The first-order valence-electron chi connectivity index (χ1n) is 9.72. The third-order valence-electron chi connectivity index (χ3n) is 4.17. The predicted octanol–water partition coefficient (Wildman–Crippen LogP) is 2.37. The van der Waals surface area contributed by atoms with Crippen molar-refractivity contribution in [2.45, 2.75) is 13.5 Å². The molecule has 2 aromatic carbocycles. The van der Waals surface area contributed by atoms with Gasteiger partial charge < -0.3 is 19.8 Å². The second kappa shape index (κ2) is 11.1. The Morgan fingerprint density at radius 3 is 2.44 bits per heavy atom. The molecule has 0 aliphatic rings. The lowest BCUT2D eigenvalue weighted by atomic mass is 10.2. The van der Waals surface area contributed by atoms with E-state index in [1.165, 1.54) is 12.5 Å². The average Bonchev–Trinajstić information content (AvgIpc) is 3.32. The summed E-state index contributed by atoms with van der Waals surface area (Å²) in [5, 5.41) is 8.92. The third kappa shape index (κ3) is 7.13. The van der Waals surface area contributed by atoms with Gasteiger partial charge in [0.25, 0.3) is 5.91 Å². The zero-order valence-electron chi connectivity index (χ0n) is 17.3. The normalized spacial score (nSPS) is 10.5. The highest BCUT2D eigenvalue weighted by Crippen LogP contribution is 2.12. The molecule has 0 aliphatic carbocycles. The molecule has 3 rings (SSSR count). The summed E-state index contributed by atoms with van der Waals surface area (Å²) < 4.78 is 10.5. The minimum atomic E-state index is -0.896. The van der Waals surface area contributed by atoms with Crippen LogP contribution in [0.5, 0.6) is 5.75 Å². The number of carbonyl (C=O) groups excluding carboxylic acids is 3. The van der Waals surface area contributed by atoms with Gasteiger partial charge in [-0.15, -0.1) is 0 Å². The Bertz CT molecular complexity index is 1070. The number of nitrogens with one attached hydrogen (secondary N) is 3. The van der Waals surface area contributed by atoms with E-state index in [9.17, 15) is 14.4 Å². The molecule has 1 aromatic heterocycles. The van der Waals surface area contributed by atoms with Crippen LogP contribution in [0.15, 0.2) is 76.4 Å². The van der Waals surface area contributed by atoms with Gasteiger partial charge in [-0.3, -0.25) is 14.4 Å². The largest absolute Gasteiger partial charge is 0.484 e. The molecule has 0 aliphatic heterocycles. The molecule has 164 valence electrons. The SMILES string of the molecule is Cc1ccc(NC(=O)COc2ccc(/C=N\NC(=O)C(=O)NCc3ccco3)cc2)cc1. The van der Waals surface area contributed by atoms with Crippen LogP contribution < -0.4 is 20.8 Å². The van der Waals surface area contributed by atoms with Crippen molar-refractivity contribution in [2.75, 3.05) is 11.9 Å². The standard InChI is InChI=1S/C23H22N4O5/c1-16-4-8-18(9-5-16)26-21(28)15-32-19-10-6-17(7-11-19)13-25-27-23(30)22(29)24-14-20-3-2-12-31-20/h2-13H,14-15H2,1H3,(H,24,29)(H,26,28)(H,27,30)/b25-13-. The van der Waals surface area contributed by atoms with E-state index in [0.717, 1.165) is 5.56 Å². The number of aryl methyl sites for hydroxylation is 1. The fourth-order valence-corrected chi connectivity index (χ4v) is 2.51. The fourth-order valence-electron chi connectivity index (χ4n) is 2.51. The molecule has 3 N–H and O–H groups in total. The van der Waals surface area contributed by atoms with E-state index < -0.39 is 11.8 Å². The van der Waals surface area contributed by atoms with Gasteiger partial charge in [-0.2, -0.15) is 5.10 Å². The van der Waals surface area contributed by atoms with Gasteiger partial charge in [-0.1, -0.05) is 17.7 Å². The number of benzene rings is 2. The van der Waals surface area contributed by atoms with Crippen molar-refractivity contribution in [3.05, 3.63) is 83.8 Å². The Morgan fingerprint density at radius 1 is 1.00 bits per heavy atom. The summed E-state index contributed by atoms with van der Waals surface area (Å²) in [6.45, 7) is 1.94. The van der Waals surface area contributed by atoms with E-state index in [4.69, 9.17) is 9.15 Å². The van der Waals surface area contributed by atoms with E-state index in [-0.39, 0.29) is 19.1 Å². The van der Waals surface area contributed by atoms with E-state index in [2.05, 4.69) is 21.2 Å². The first-order valence-corrected chi connectivity index (χ1v) is 9.72. The van der Waals surface area contributed by atoms with Crippen LogP contribution in [0, 0.1) is 6.92 Å². The van der Waals surface area contributed by atoms with Crippen LogP contribution in [0.1, 0.15) is 16.9 Å². The molecule has 0 unspecified atom stereocenters. The molecule has 3 aromatic rings. The van der Waals surface area contributed by atoms with E-state index >= 15 is 0 Å². The van der Waals surface area contributed by atoms with E-state index in [1.54, 1.807) is 36.4 Å². The van der Waals surface area contributed by atoms with Gasteiger partial charge in [-0.25, -0.2) is 5.43 Å². The fraction of sp³-hybridized carbons (Fsp3) is 0.130. The first-order chi connectivity index (χ1) is 15.5. The number of ether oxygens (including phenoxy) is 1. The van der Waals surface area contributed by atoms with Crippen LogP contribution in [0.25, 0.3) is 0 Å². The minimum Gasteiger partial charge on any atom is -0.484 e. The van der Waals surface area contributed by atoms with Gasteiger partial charge >= 0.3 is 11.8 Å². The maximum atomic E-state index is 12.0. The molecule has 0 fully saturated rings. The Morgan fingerprint density at radius 2 is 1.75 bits per heavy atom. The molecule has 0 radical (unpaired) electrons. The van der Waals surface area contributed by atoms with Crippen LogP contribution in [-0.2, 0) is 20.9 Å². The van der Waals surface area contributed by atoms with Crippen molar-refractivity contribution in [3.63, 3.8) is 0 Å². The molecule has 0 atom stereocenters. The second-order valence-electron chi connectivity index (χ2n) is 6.73. The molecular formula is C23H22N4O5. The number of rotatable bonds is 8. The van der Waals surface area contributed by atoms with Crippen molar-refractivity contribution >= 4 is 29.6 Å².